The van der Waals surface area contributed by atoms with E-state index in [1.807, 2.05) is 0 Å². The molecule has 7 heteroatoms. The molecule has 0 saturated carbocycles. The molecule has 0 unspecified atom stereocenters. The van der Waals surface area contributed by atoms with Gasteiger partial charge in [-0.05, 0) is 0 Å². The maximum Gasteiger partial charge on any atom is 0.360 e. The Labute approximate surface area is 76.5 Å². The molecule has 0 aliphatic carbocycles. The number of aromatic carboxylic acids is 1. The Kier molecular flexibility index (Phi) is 1.70. The average molecular weight is 192 g/mol. The van der Waals surface area contributed by atoms with Gasteiger partial charge in [-0.2, -0.15) is 0 Å². The smallest absolute Gasteiger partial charge is 0.360 e. The van der Waals surface area contributed by atoms with Gasteiger partial charge >= 0.3 is 5.97 Å². The molecule has 0 aromatic carbocycles. The third-order valence-electron chi connectivity index (χ3n) is 1.57. The van der Waals surface area contributed by atoms with Crippen molar-refractivity contribution in [1.82, 2.24) is 19.9 Å². The van der Waals surface area contributed by atoms with E-state index < -0.39 is 17.2 Å². The van der Waals surface area contributed by atoms with Gasteiger partial charge in [-0.3, -0.25) is 4.79 Å². The summed E-state index contributed by atoms with van der Waals surface area (Å²) in [7, 11) is 0. The van der Waals surface area contributed by atoms with Crippen LogP contribution in [0.2, 0.25) is 0 Å². The first kappa shape index (κ1) is 8.30. The van der Waals surface area contributed by atoms with E-state index in [0.29, 0.717) is 0 Å². The second-order valence-electron chi connectivity index (χ2n) is 2.48. The Morgan fingerprint density at radius 3 is 3.00 bits per heavy atom. The van der Waals surface area contributed by atoms with E-state index in [-0.39, 0.29) is 11.2 Å². The molecular formula is C7H4N4O3. The summed E-state index contributed by atoms with van der Waals surface area (Å²) in [6.45, 7) is 0. The zero-order valence-corrected chi connectivity index (χ0v) is 6.76. The van der Waals surface area contributed by atoms with Gasteiger partial charge in [-0.15, -0.1) is 0 Å². The van der Waals surface area contributed by atoms with Gasteiger partial charge in [0.1, 0.15) is 11.8 Å². The summed E-state index contributed by atoms with van der Waals surface area (Å²) < 4.78 is 0. The Balaban J connectivity index is 2.84. The van der Waals surface area contributed by atoms with Crippen molar-refractivity contribution in [3.63, 3.8) is 0 Å². The number of nitrogens with one attached hydrogen (secondary N) is 1. The minimum Gasteiger partial charge on any atom is -0.476 e. The van der Waals surface area contributed by atoms with Gasteiger partial charge in [0.15, 0.2) is 5.65 Å². The van der Waals surface area contributed by atoms with E-state index in [0.717, 1.165) is 0 Å². The van der Waals surface area contributed by atoms with Crippen molar-refractivity contribution in [1.29, 1.82) is 0 Å². The lowest BCUT2D eigenvalue weighted by Crippen LogP contribution is -2.20. The van der Waals surface area contributed by atoms with Crippen LogP contribution in [0.15, 0.2) is 17.3 Å². The van der Waals surface area contributed by atoms with E-state index in [4.69, 9.17) is 5.11 Å². The maximum absolute atomic E-state index is 11.1. The highest BCUT2D eigenvalue weighted by atomic mass is 16.4. The van der Waals surface area contributed by atoms with Gasteiger partial charge in [0.25, 0.3) is 5.56 Å². The Hall–Kier alpha value is -2.31. The second-order valence-corrected chi connectivity index (χ2v) is 2.48. The van der Waals surface area contributed by atoms with Crippen LogP contribution in [0, 0.1) is 0 Å². The fraction of sp³-hybridized carbons (Fsp3) is 0. The largest absolute Gasteiger partial charge is 0.476 e. The van der Waals surface area contributed by atoms with Crippen molar-refractivity contribution in [3.05, 3.63) is 28.6 Å². The number of carbonyl (C=O) groups is 1. The number of aromatic amines is 1. The molecule has 0 fully saturated rings. The Bertz CT molecular complexity index is 562. The molecule has 0 spiro atoms. The van der Waals surface area contributed by atoms with E-state index in [2.05, 4.69) is 19.9 Å². The molecule has 0 aliphatic rings. The van der Waals surface area contributed by atoms with Crippen LogP contribution in [0.5, 0.6) is 0 Å². The summed E-state index contributed by atoms with van der Waals surface area (Å²) in [5, 5.41) is 8.60. The van der Waals surface area contributed by atoms with Crippen molar-refractivity contribution in [2.45, 2.75) is 0 Å². The van der Waals surface area contributed by atoms with E-state index >= 15 is 0 Å². The lowest BCUT2D eigenvalue weighted by atomic mass is 10.4. The highest BCUT2D eigenvalue weighted by molar-refractivity contribution is 5.86. The van der Waals surface area contributed by atoms with Crippen molar-refractivity contribution in [2.24, 2.45) is 0 Å². The van der Waals surface area contributed by atoms with Gasteiger partial charge in [0, 0.05) is 0 Å². The third kappa shape index (κ3) is 1.20. The summed E-state index contributed by atoms with van der Waals surface area (Å²) >= 11 is 0. The van der Waals surface area contributed by atoms with Crippen LogP contribution in [-0.4, -0.2) is 31.0 Å². The standard InChI is InChI=1S/C7H4N4O3/c12-6-4(7(13)14)10-3-1-8-2-9-5(3)11-6/h1-2H,(H,13,14)(H,8,9,11,12). The Morgan fingerprint density at radius 2 is 2.29 bits per heavy atom. The molecule has 0 bridgehead atoms. The number of hydrogen-bond acceptors (Lipinski definition) is 5. The number of fused-ring (bicyclic) bond motifs is 1. The minimum absolute atomic E-state index is 0.218. The number of hydrogen-bond donors (Lipinski definition) is 2. The van der Waals surface area contributed by atoms with Gasteiger partial charge in [0.05, 0.1) is 6.20 Å². The lowest BCUT2D eigenvalue weighted by Gasteiger charge is -1.95. The van der Waals surface area contributed by atoms with Crippen LogP contribution in [0.1, 0.15) is 10.5 Å². The zero-order valence-electron chi connectivity index (χ0n) is 6.76. The topological polar surface area (TPSA) is 109 Å². The van der Waals surface area contributed by atoms with Crippen LogP contribution in [0.25, 0.3) is 11.2 Å². The summed E-state index contributed by atoms with van der Waals surface area (Å²) in [6.07, 6.45) is 2.56. The lowest BCUT2D eigenvalue weighted by molar-refractivity contribution is 0.0689. The van der Waals surface area contributed by atoms with Crippen molar-refractivity contribution in [2.75, 3.05) is 0 Å². The number of aromatic nitrogens is 4. The predicted octanol–water partition coefficient (Wildman–Crippen LogP) is -0.589. The third-order valence-corrected chi connectivity index (χ3v) is 1.57. The molecule has 70 valence electrons. The number of carboxylic acids is 1. The molecule has 14 heavy (non-hydrogen) atoms. The summed E-state index contributed by atoms with van der Waals surface area (Å²) in [5.74, 6) is -1.38. The SMILES string of the molecule is O=C(O)c1nc2cncnc2[nH]c1=O. The maximum atomic E-state index is 11.1. The highest BCUT2D eigenvalue weighted by Gasteiger charge is 2.11. The summed E-state index contributed by atoms with van der Waals surface area (Å²) in [4.78, 5) is 34.9. The zero-order chi connectivity index (χ0) is 10.1. The molecule has 0 aliphatic heterocycles. The predicted molar refractivity (Wildman–Crippen MR) is 44.9 cm³/mol. The molecule has 2 heterocycles. The van der Waals surface area contributed by atoms with Crippen molar-refractivity contribution in [3.8, 4) is 0 Å². The molecule has 0 radical (unpaired) electrons. The number of nitrogens with zero attached hydrogens (tertiary/aromatic N) is 3. The average Bonchev–Trinajstić information content (AvgIpc) is 2.16. The fourth-order valence-corrected chi connectivity index (χ4v) is 0.983. The van der Waals surface area contributed by atoms with Crippen molar-refractivity contribution < 1.29 is 9.90 Å². The van der Waals surface area contributed by atoms with Gasteiger partial charge in [-0.1, -0.05) is 0 Å². The molecular weight excluding hydrogens is 188 g/mol. The first-order valence-corrected chi connectivity index (χ1v) is 3.62. The van der Waals surface area contributed by atoms with E-state index in [1.165, 1.54) is 12.5 Å². The molecule has 2 N–H and O–H groups in total. The molecule has 2 aromatic rings. The highest BCUT2D eigenvalue weighted by Crippen LogP contribution is 2.00. The first-order chi connectivity index (χ1) is 6.68. The van der Waals surface area contributed by atoms with Crippen LogP contribution in [0.3, 0.4) is 0 Å². The monoisotopic (exact) mass is 192 g/mol. The quantitative estimate of drug-likeness (QED) is 0.625. The van der Waals surface area contributed by atoms with Crippen LogP contribution in [-0.2, 0) is 0 Å². The van der Waals surface area contributed by atoms with E-state index in [1.54, 1.807) is 0 Å². The molecule has 0 saturated heterocycles. The number of rotatable bonds is 1. The molecule has 0 amide bonds. The second kappa shape index (κ2) is 2.87. The first-order valence-electron chi connectivity index (χ1n) is 3.62. The number of H-pyrrole nitrogens is 1. The van der Waals surface area contributed by atoms with Crippen LogP contribution >= 0.6 is 0 Å². The molecule has 2 aromatic heterocycles. The molecule has 7 nitrogen and oxygen atoms in total. The van der Waals surface area contributed by atoms with Gasteiger partial charge in [-0.25, -0.2) is 19.7 Å². The summed E-state index contributed by atoms with van der Waals surface area (Å²) in [6, 6.07) is 0. The minimum atomic E-state index is -1.38. The summed E-state index contributed by atoms with van der Waals surface area (Å²) in [5.41, 5.74) is -0.879. The van der Waals surface area contributed by atoms with Crippen LogP contribution < -0.4 is 5.56 Å². The fourth-order valence-electron chi connectivity index (χ4n) is 0.983. The van der Waals surface area contributed by atoms with Crippen LogP contribution in [0.4, 0.5) is 0 Å². The Morgan fingerprint density at radius 1 is 1.50 bits per heavy atom. The molecule has 0 atom stereocenters. The van der Waals surface area contributed by atoms with Gasteiger partial charge < -0.3 is 10.1 Å². The van der Waals surface area contributed by atoms with Gasteiger partial charge in [0.2, 0.25) is 5.69 Å². The molecule has 2 rings (SSSR count). The van der Waals surface area contributed by atoms with Crippen molar-refractivity contribution >= 4 is 17.1 Å². The number of carboxylic acid groups (broad SMARTS) is 1. The van der Waals surface area contributed by atoms with E-state index in [9.17, 15) is 9.59 Å². The normalized spacial score (nSPS) is 10.3.